The van der Waals surface area contributed by atoms with Crippen molar-refractivity contribution in [2.24, 2.45) is 0 Å². The Morgan fingerprint density at radius 2 is 1.76 bits per heavy atom. The Hall–Kier alpha value is -2.82. The van der Waals surface area contributed by atoms with E-state index in [1.807, 2.05) is 54.6 Å². The average molecular weight is 461 g/mol. The fourth-order valence-corrected chi connectivity index (χ4v) is 5.30. The molecule has 1 spiro atoms. The molecule has 0 radical (unpaired) electrons. The highest BCUT2D eigenvalue weighted by molar-refractivity contribution is 6.34. The minimum atomic E-state index is -0.206. The van der Waals surface area contributed by atoms with Gasteiger partial charge in [-0.3, -0.25) is 4.79 Å². The number of carbonyl (C=O) groups excluding carboxylic acids is 1. The fourth-order valence-electron chi connectivity index (χ4n) is 5.03. The van der Waals surface area contributed by atoms with E-state index in [0.29, 0.717) is 16.6 Å². The number of halogens is 1. The molecule has 0 aromatic heterocycles. The van der Waals surface area contributed by atoms with Gasteiger partial charge in [0.2, 0.25) is 0 Å². The lowest BCUT2D eigenvalue weighted by Crippen LogP contribution is -2.46. The van der Waals surface area contributed by atoms with Crippen molar-refractivity contribution in [2.75, 3.05) is 25.0 Å². The maximum absolute atomic E-state index is 13.0. The molecule has 2 aliphatic heterocycles. The SMILES string of the molecule is CC(C)N1CCC2(CC1)COc1ccc(NC(=O)c3ccc(-c4ccccc4)cc3Cl)cc12. The first-order valence-corrected chi connectivity index (χ1v) is 12.0. The number of piperidine rings is 1. The third kappa shape index (κ3) is 4.25. The Morgan fingerprint density at radius 3 is 2.45 bits per heavy atom. The van der Waals surface area contributed by atoms with E-state index >= 15 is 0 Å². The fraction of sp³-hybridized carbons (Fsp3) is 0.321. The molecule has 0 bridgehead atoms. The molecule has 0 unspecified atom stereocenters. The number of ether oxygens (including phenoxy) is 1. The monoisotopic (exact) mass is 460 g/mol. The van der Waals surface area contributed by atoms with Gasteiger partial charge in [0.25, 0.3) is 5.91 Å². The summed E-state index contributed by atoms with van der Waals surface area (Å²) < 4.78 is 6.05. The molecule has 170 valence electrons. The van der Waals surface area contributed by atoms with Gasteiger partial charge in [0.15, 0.2) is 0 Å². The molecular weight excluding hydrogens is 432 g/mol. The first kappa shape index (κ1) is 22.0. The highest BCUT2D eigenvalue weighted by Crippen LogP contribution is 2.46. The molecule has 33 heavy (non-hydrogen) atoms. The van der Waals surface area contributed by atoms with E-state index in [2.05, 4.69) is 30.1 Å². The van der Waals surface area contributed by atoms with Crippen LogP contribution in [0.3, 0.4) is 0 Å². The number of nitrogens with one attached hydrogen (secondary N) is 1. The summed E-state index contributed by atoms with van der Waals surface area (Å²) in [5.41, 5.74) is 4.55. The first-order chi connectivity index (χ1) is 15.9. The minimum absolute atomic E-state index is 0.0381. The number of hydrogen-bond acceptors (Lipinski definition) is 3. The molecule has 5 rings (SSSR count). The van der Waals surface area contributed by atoms with Crippen molar-refractivity contribution >= 4 is 23.2 Å². The molecule has 2 heterocycles. The summed E-state index contributed by atoms with van der Waals surface area (Å²) in [6, 6.07) is 22.1. The number of anilines is 1. The van der Waals surface area contributed by atoms with Gasteiger partial charge < -0.3 is 15.0 Å². The number of amides is 1. The van der Waals surface area contributed by atoms with Crippen molar-refractivity contribution in [2.45, 2.75) is 38.1 Å². The van der Waals surface area contributed by atoms with Gasteiger partial charge in [-0.2, -0.15) is 0 Å². The van der Waals surface area contributed by atoms with E-state index in [4.69, 9.17) is 16.3 Å². The van der Waals surface area contributed by atoms with Gasteiger partial charge in [-0.15, -0.1) is 0 Å². The van der Waals surface area contributed by atoms with E-state index in [1.165, 1.54) is 5.56 Å². The van der Waals surface area contributed by atoms with E-state index < -0.39 is 0 Å². The van der Waals surface area contributed by atoms with Crippen LogP contribution in [0.15, 0.2) is 66.7 Å². The van der Waals surface area contributed by atoms with Crippen LogP contribution in [0, 0.1) is 0 Å². The second-order valence-electron chi connectivity index (χ2n) is 9.42. The lowest BCUT2D eigenvalue weighted by atomic mass is 9.74. The number of carbonyl (C=O) groups is 1. The molecule has 5 heteroatoms. The second kappa shape index (κ2) is 8.85. The van der Waals surface area contributed by atoms with Gasteiger partial charge in [-0.05, 0) is 81.2 Å². The quantitative estimate of drug-likeness (QED) is 0.490. The molecule has 3 aromatic rings. The van der Waals surface area contributed by atoms with Crippen molar-refractivity contribution in [3.05, 3.63) is 82.9 Å². The van der Waals surface area contributed by atoms with Crippen LogP contribution in [0.1, 0.15) is 42.6 Å². The molecule has 0 saturated carbocycles. The zero-order chi connectivity index (χ0) is 23.0. The van der Waals surface area contributed by atoms with Crippen LogP contribution in [-0.2, 0) is 5.41 Å². The lowest BCUT2D eigenvalue weighted by molar-refractivity contribution is 0.102. The lowest BCUT2D eigenvalue weighted by Gasteiger charge is -2.40. The van der Waals surface area contributed by atoms with Crippen LogP contribution in [0.4, 0.5) is 5.69 Å². The summed E-state index contributed by atoms with van der Waals surface area (Å²) in [4.78, 5) is 15.6. The highest BCUT2D eigenvalue weighted by atomic mass is 35.5. The Labute approximate surface area is 200 Å². The van der Waals surface area contributed by atoms with Crippen LogP contribution in [0.5, 0.6) is 5.75 Å². The Morgan fingerprint density at radius 1 is 1.00 bits per heavy atom. The van der Waals surface area contributed by atoms with Crippen molar-refractivity contribution < 1.29 is 9.53 Å². The molecule has 2 aliphatic rings. The van der Waals surface area contributed by atoms with Crippen molar-refractivity contribution in [3.63, 3.8) is 0 Å². The summed E-state index contributed by atoms with van der Waals surface area (Å²) in [5.74, 6) is 0.735. The maximum Gasteiger partial charge on any atom is 0.257 e. The molecule has 0 aliphatic carbocycles. The first-order valence-electron chi connectivity index (χ1n) is 11.6. The van der Waals surface area contributed by atoms with Crippen molar-refractivity contribution in [3.8, 4) is 16.9 Å². The minimum Gasteiger partial charge on any atom is -0.492 e. The van der Waals surface area contributed by atoms with Gasteiger partial charge in [0, 0.05) is 22.7 Å². The van der Waals surface area contributed by atoms with Crippen LogP contribution < -0.4 is 10.1 Å². The molecule has 1 fully saturated rings. The average Bonchev–Trinajstić information content (AvgIpc) is 3.17. The third-order valence-electron chi connectivity index (χ3n) is 7.12. The third-order valence-corrected chi connectivity index (χ3v) is 7.43. The van der Waals surface area contributed by atoms with Crippen LogP contribution in [0.25, 0.3) is 11.1 Å². The number of nitrogens with zero attached hydrogens (tertiary/aromatic N) is 1. The number of hydrogen-bond donors (Lipinski definition) is 1. The highest BCUT2D eigenvalue weighted by Gasteiger charge is 2.43. The van der Waals surface area contributed by atoms with E-state index in [-0.39, 0.29) is 11.3 Å². The molecule has 1 saturated heterocycles. The summed E-state index contributed by atoms with van der Waals surface area (Å²) in [7, 11) is 0. The number of benzene rings is 3. The van der Waals surface area contributed by atoms with E-state index in [1.54, 1.807) is 6.07 Å². The molecule has 1 amide bonds. The van der Waals surface area contributed by atoms with Gasteiger partial charge in [-0.25, -0.2) is 0 Å². The zero-order valence-corrected chi connectivity index (χ0v) is 19.9. The van der Waals surface area contributed by atoms with Gasteiger partial charge in [0.1, 0.15) is 5.75 Å². The normalized spacial score (nSPS) is 17.1. The summed E-state index contributed by atoms with van der Waals surface area (Å²) >= 11 is 6.50. The summed E-state index contributed by atoms with van der Waals surface area (Å²) in [5, 5.41) is 3.49. The van der Waals surface area contributed by atoms with Crippen molar-refractivity contribution in [1.82, 2.24) is 4.90 Å². The molecular formula is C28H29ClN2O2. The molecule has 1 N–H and O–H groups in total. The Bertz CT molecular complexity index is 1170. The Kier molecular flexibility index (Phi) is 5.90. The standard InChI is InChI=1S/C28H29ClN2O2/c1-19(2)31-14-12-28(13-15-31)18-33-26-11-9-22(17-24(26)28)30-27(32)23-10-8-21(16-25(23)29)20-6-4-3-5-7-20/h3-11,16-17,19H,12-15,18H2,1-2H3,(H,30,32). The number of rotatable bonds is 4. The molecule has 3 aromatic carbocycles. The van der Waals surface area contributed by atoms with Gasteiger partial charge in [0.05, 0.1) is 17.2 Å². The maximum atomic E-state index is 13.0. The predicted octanol–water partition coefficient (Wildman–Crippen LogP) is 6.39. The smallest absolute Gasteiger partial charge is 0.257 e. The van der Waals surface area contributed by atoms with E-state index in [9.17, 15) is 4.79 Å². The summed E-state index contributed by atoms with van der Waals surface area (Å²) in [6.07, 6.45) is 2.14. The zero-order valence-electron chi connectivity index (χ0n) is 19.1. The number of likely N-dealkylation sites (tertiary alicyclic amines) is 1. The largest absolute Gasteiger partial charge is 0.492 e. The topological polar surface area (TPSA) is 41.6 Å². The van der Waals surface area contributed by atoms with Crippen LogP contribution in [0.2, 0.25) is 5.02 Å². The predicted molar refractivity (Wildman–Crippen MR) is 134 cm³/mol. The van der Waals surface area contributed by atoms with Gasteiger partial charge in [-0.1, -0.05) is 48.0 Å². The van der Waals surface area contributed by atoms with Crippen LogP contribution >= 0.6 is 11.6 Å². The van der Waals surface area contributed by atoms with E-state index in [0.717, 1.165) is 55.1 Å². The Balaban J connectivity index is 1.34. The molecule has 4 nitrogen and oxygen atoms in total. The summed E-state index contributed by atoms with van der Waals surface area (Å²) in [6.45, 7) is 7.36. The number of fused-ring (bicyclic) bond motifs is 2. The second-order valence-corrected chi connectivity index (χ2v) is 9.83. The van der Waals surface area contributed by atoms with Gasteiger partial charge >= 0.3 is 0 Å². The van der Waals surface area contributed by atoms with Crippen molar-refractivity contribution in [1.29, 1.82) is 0 Å². The molecule has 0 atom stereocenters. The van der Waals surface area contributed by atoms with Crippen LogP contribution in [-0.4, -0.2) is 36.5 Å².